The Balaban J connectivity index is 1.83. The Kier molecular flexibility index (Phi) is 4.97. The van der Waals surface area contributed by atoms with Gasteiger partial charge in [-0.3, -0.25) is 0 Å². The first kappa shape index (κ1) is 19.1. The molecule has 2 aromatic heterocycles. The molecule has 7 heteroatoms. The lowest BCUT2D eigenvalue weighted by atomic mass is 9.96. The molecule has 0 radical (unpaired) electrons. The molecule has 0 bridgehead atoms. The lowest BCUT2D eigenvalue weighted by molar-refractivity contribution is 0.0602. The van der Waals surface area contributed by atoms with Crippen LogP contribution in [0, 0.1) is 11.7 Å². The standard InChI is InChI=1S/C21H24FN3O2S/c1-11(2)7-15-19-12(5-6-23-15)8-17(28-19)20-24-18-14(21(26)27-4)9-13(22)10-16(18)25(20)3/h8-11,15,23H,5-7H2,1-4H3. The van der Waals surface area contributed by atoms with E-state index in [0.717, 1.165) is 30.1 Å². The van der Waals surface area contributed by atoms with E-state index in [0.29, 0.717) is 23.0 Å². The molecule has 0 fully saturated rings. The Morgan fingerprint density at radius 1 is 1.43 bits per heavy atom. The number of carbonyl (C=O) groups is 1. The topological polar surface area (TPSA) is 56.1 Å². The number of ether oxygens (including phenoxy) is 1. The number of nitrogens with one attached hydrogen (secondary N) is 1. The summed E-state index contributed by atoms with van der Waals surface area (Å²) in [7, 11) is 3.14. The Hall–Kier alpha value is -2.25. The number of methoxy groups -OCH3 is 1. The molecule has 3 aromatic rings. The van der Waals surface area contributed by atoms with Gasteiger partial charge in [0.15, 0.2) is 5.82 Å². The van der Waals surface area contributed by atoms with Crippen molar-refractivity contribution in [3.63, 3.8) is 0 Å². The number of carbonyl (C=O) groups excluding carboxylic acids is 1. The van der Waals surface area contributed by atoms with Crippen molar-refractivity contribution in [3.8, 4) is 10.7 Å². The van der Waals surface area contributed by atoms with Crippen molar-refractivity contribution in [1.29, 1.82) is 0 Å². The first-order chi connectivity index (χ1) is 13.4. The summed E-state index contributed by atoms with van der Waals surface area (Å²) in [5.41, 5.74) is 2.56. The number of rotatable bonds is 4. The second-order valence-corrected chi connectivity index (χ2v) is 8.78. The lowest BCUT2D eigenvalue weighted by Gasteiger charge is -2.25. The van der Waals surface area contributed by atoms with Gasteiger partial charge in [-0.05, 0) is 49.1 Å². The lowest BCUT2D eigenvalue weighted by Crippen LogP contribution is -2.29. The average Bonchev–Trinajstić information content (AvgIpc) is 3.22. The van der Waals surface area contributed by atoms with Crippen LogP contribution < -0.4 is 5.32 Å². The van der Waals surface area contributed by atoms with Crippen molar-refractivity contribution >= 4 is 28.3 Å². The molecule has 1 aliphatic rings. The van der Waals surface area contributed by atoms with Crippen LogP contribution >= 0.6 is 11.3 Å². The van der Waals surface area contributed by atoms with Crippen LogP contribution in [0.2, 0.25) is 0 Å². The number of fused-ring (bicyclic) bond motifs is 2. The summed E-state index contributed by atoms with van der Waals surface area (Å²) < 4.78 is 20.8. The SMILES string of the molecule is COC(=O)c1cc(F)cc2c1nc(-c1cc3c(s1)C(CC(C)C)NCC3)n2C. The first-order valence-electron chi connectivity index (χ1n) is 9.49. The normalized spacial score (nSPS) is 16.6. The van der Waals surface area contributed by atoms with Crippen LogP contribution in [-0.4, -0.2) is 29.2 Å². The molecule has 1 aromatic carbocycles. The molecular formula is C21H24FN3O2S. The molecule has 0 aliphatic carbocycles. The molecule has 0 spiro atoms. The highest BCUT2D eigenvalue weighted by Crippen LogP contribution is 2.40. The average molecular weight is 402 g/mol. The quantitative estimate of drug-likeness (QED) is 0.656. The van der Waals surface area contributed by atoms with Gasteiger partial charge in [-0.2, -0.15) is 0 Å². The van der Waals surface area contributed by atoms with Crippen molar-refractivity contribution < 1.29 is 13.9 Å². The number of halogens is 1. The fraction of sp³-hybridized carbons (Fsp3) is 0.429. The van der Waals surface area contributed by atoms with Crippen molar-refractivity contribution in [3.05, 3.63) is 40.0 Å². The van der Waals surface area contributed by atoms with E-state index in [-0.39, 0.29) is 5.56 Å². The predicted molar refractivity (Wildman–Crippen MR) is 109 cm³/mol. The Morgan fingerprint density at radius 2 is 2.21 bits per heavy atom. The number of thiophene rings is 1. The molecule has 4 rings (SSSR count). The maximum atomic E-state index is 14.1. The Morgan fingerprint density at radius 3 is 2.93 bits per heavy atom. The third-order valence-corrected chi connectivity index (χ3v) is 6.51. The van der Waals surface area contributed by atoms with Gasteiger partial charge in [0.25, 0.3) is 0 Å². The Labute approximate surface area is 167 Å². The van der Waals surface area contributed by atoms with E-state index in [9.17, 15) is 9.18 Å². The summed E-state index contributed by atoms with van der Waals surface area (Å²) in [5, 5.41) is 3.62. The molecule has 5 nitrogen and oxygen atoms in total. The second kappa shape index (κ2) is 7.29. The summed E-state index contributed by atoms with van der Waals surface area (Å²) >= 11 is 1.74. The van der Waals surface area contributed by atoms with Gasteiger partial charge in [0, 0.05) is 18.0 Å². The number of nitrogens with zero attached hydrogens (tertiary/aromatic N) is 2. The van der Waals surface area contributed by atoms with E-state index >= 15 is 0 Å². The highest BCUT2D eigenvalue weighted by atomic mass is 32.1. The van der Waals surface area contributed by atoms with Crippen molar-refractivity contribution in [2.24, 2.45) is 13.0 Å². The number of hydrogen-bond acceptors (Lipinski definition) is 5. The third kappa shape index (κ3) is 3.22. The van der Waals surface area contributed by atoms with E-state index in [1.807, 2.05) is 11.6 Å². The molecule has 3 heterocycles. The Bertz CT molecular complexity index is 1050. The maximum absolute atomic E-state index is 14.1. The smallest absolute Gasteiger partial charge is 0.340 e. The third-order valence-electron chi connectivity index (χ3n) is 5.23. The van der Waals surface area contributed by atoms with E-state index < -0.39 is 11.8 Å². The van der Waals surface area contributed by atoms with E-state index in [1.54, 1.807) is 11.3 Å². The van der Waals surface area contributed by atoms with Gasteiger partial charge in [0.2, 0.25) is 0 Å². The van der Waals surface area contributed by atoms with Gasteiger partial charge < -0.3 is 14.6 Å². The molecule has 0 amide bonds. The number of aryl methyl sites for hydroxylation is 1. The number of esters is 1. The summed E-state index contributed by atoms with van der Waals surface area (Å²) in [5.74, 6) is 0.290. The number of hydrogen-bond donors (Lipinski definition) is 1. The van der Waals surface area contributed by atoms with Crippen LogP contribution in [0.25, 0.3) is 21.7 Å². The van der Waals surface area contributed by atoms with Gasteiger partial charge in [-0.25, -0.2) is 14.2 Å². The second-order valence-electron chi connectivity index (χ2n) is 7.69. The van der Waals surface area contributed by atoms with E-state index in [2.05, 4.69) is 25.2 Å². The number of imidazole rings is 1. The van der Waals surface area contributed by atoms with Crippen molar-refractivity contribution in [2.75, 3.05) is 13.7 Å². The number of benzene rings is 1. The molecular weight excluding hydrogens is 377 g/mol. The highest BCUT2D eigenvalue weighted by molar-refractivity contribution is 7.15. The fourth-order valence-corrected chi connectivity index (χ4v) is 5.24. The van der Waals surface area contributed by atoms with Gasteiger partial charge in [-0.15, -0.1) is 11.3 Å². The number of aromatic nitrogens is 2. The van der Waals surface area contributed by atoms with Gasteiger partial charge in [-0.1, -0.05) is 13.8 Å². The monoisotopic (exact) mass is 401 g/mol. The summed E-state index contributed by atoms with van der Waals surface area (Å²) in [4.78, 5) is 19.2. The zero-order valence-electron chi connectivity index (χ0n) is 16.5. The molecule has 1 atom stereocenters. The fourth-order valence-electron chi connectivity index (χ4n) is 3.92. The maximum Gasteiger partial charge on any atom is 0.340 e. The van der Waals surface area contributed by atoms with Crippen LogP contribution in [0.5, 0.6) is 0 Å². The van der Waals surface area contributed by atoms with Gasteiger partial charge >= 0.3 is 5.97 Å². The molecule has 1 unspecified atom stereocenters. The van der Waals surface area contributed by atoms with Gasteiger partial charge in [0.1, 0.15) is 11.3 Å². The van der Waals surface area contributed by atoms with Crippen LogP contribution in [0.4, 0.5) is 4.39 Å². The minimum absolute atomic E-state index is 0.153. The molecule has 28 heavy (non-hydrogen) atoms. The minimum atomic E-state index is -0.583. The predicted octanol–water partition coefficient (Wildman–Crippen LogP) is 4.46. The van der Waals surface area contributed by atoms with E-state index in [4.69, 9.17) is 9.72 Å². The highest BCUT2D eigenvalue weighted by Gasteiger charge is 2.26. The summed E-state index contributed by atoms with van der Waals surface area (Å²) in [6.07, 6.45) is 2.08. The van der Waals surface area contributed by atoms with Crippen molar-refractivity contribution in [2.45, 2.75) is 32.7 Å². The van der Waals surface area contributed by atoms with Crippen LogP contribution in [0.3, 0.4) is 0 Å². The molecule has 0 saturated carbocycles. The van der Waals surface area contributed by atoms with Crippen LogP contribution in [0.1, 0.15) is 47.1 Å². The molecule has 1 N–H and O–H groups in total. The summed E-state index contributed by atoms with van der Waals surface area (Å²) in [6.45, 7) is 5.44. The summed E-state index contributed by atoms with van der Waals surface area (Å²) in [6, 6.07) is 5.16. The van der Waals surface area contributed by atoms with Crippen LogP contribution in [0.15, 0.2) is 18.2 Å². The van der Waals surface area contributed by atoms with Gasteiger partial charge in [0.05, 0.1) is 23.1 Å². The van der Waals surface area contributed by atoms with E-state index in [1.165, 1.54) is 29.7 Å². The first-order valence-corrected chi connectivity index (χ1v) is 10.3. The largest absolute Gasteiger partial charge is 0.465 e. The van der Waals surface area contributed by atoms with Crippen molar-refractivity contribution in [1.82, 2.24) is 14.9 Å². The molecule has 148 valence electrons. The van der Waals surface area contributed by atoms with Crippen LogP contribution in [-0.2, 0) is 18.2 Å². The minimum Gasteiger partial charge on any atom is -0.465 e. The molecule has 1 aliphatic heterocycles. The molecule has 0 saturated heterocycles. The zero-order chi connectivity index (χ0) is 20.0. The zero-order valence-corrected chi connectivity index (χ0v) is 17.3.